The Kier molecular flexibility index (Phi) is 11.5. The number of quaternary nitrogens is 1. The number of hydrogen-bond donors (Lipinski definition) is 0. The molecule has 1 heterocycles. The molecule has 10 heteroatoms. The van der Waals surface area contributed by atoms with Crippen molar-refractivity contribution < 1.29 is 41.6 Å². The quantitative estimate of drug-likeness (QED) is 0.178. The summed E-state index contributed by atoms with van der Waals surface area (Å²) in [5, 5.41) is 1.11. The number of piperidine rings is 1. The minimum Gasteiger partial charge on any atom is -1.00 e. The van der Waals surface area contributed by atoms with Gasteiger partial charge in [-0.15, -0.1) is 0 Å². The molecule has 38 heavy (non-hydrogen) atoms. The Morgan fingerprint density at radius 3 is 2.26 bits per heavy atom. The lowest BCUT2D eigenvalue weighted by Gasteiger charge is -2.37. The van der Waals surface area contributed by atoms with Crippen molar-refractivity contribution in [3.8, 4) is 5.75 Å². The first kappa shape index (κ1) is 31.3. The first-order chi connectivity index (χ1) is 17.7. The number of halogens is 4. The monoisotopic (exact) mass is 708 g/mol. The van der Waals surface area contributed by atoms with Crippen LogP contribution in [0.1, 0.15) is 31.2 Å². The zero-order valence-corrected chi connectivity index (χ0v) is 26.5. The number of sulfonamides is 1. The van der Waals surface area contributed by atoms with E-state index in [-0.39, 0.29) is 40.4 Å². The lowest BCUT2D eigenvalue weighted by molar-refractivity contribution is -0.914. The fourth-order valence-corrected chi connectivity index (χ4v) is 6.78. The maximum atomic E-state index is 13.8. The smallest absolute Gasteiger partial charge is 0.264 e. The van der Waals surface area contributed by atoms with Gasteiger partial charge in [0.2, 0.25) is 0 Å². The number of hydrogen-bond acceptors (Lipinski definition) is 3. The summed E-state index contributed by atoms with van der Waals surface area (Å²) in [4.78, 5) is 0.102. The number of anilines is 1. The van der Waals surface area contributed by atoms with Crippen molar-refractivity contribution >= 4 is 50.5 Å². The van der Waals surface area contributed by atoms with E-state index >= 15 is 0 Å². The van der Waals surface area contributed by atoms with Gasteiger partial charge < -0.3 is 33.2 Å². The van der Waals surface area contributed by atoms with Gasteiger partial charge >= 0.3 is 0 Å². The van der Waals surface area contributed by atoms with E-state index in [9.17, 15) is 8.42 Å². The molecule has 1 fully saturated rings. The maximum Gasteiger partial charge on any atom is 0.264 e. The third kappa shape index (κ3) is 7.92. The Morgan fingerprint density at radius 1 is 0.895 bits per heavy atom. The van der Waals surface area contributed by atoms with Crippen LogP contribution in [0.3, 0.4) is 0 Å². The van der Waals surface area contributed by atoms with Crippen LogP contribution in [0.15, 0.2) is 71.6 Å². The van der Waals surface area contributed by atoms with Gasteiger partial charge in [-0.2, -0.15) is 0 Å². The van der Waals surface area contributed by atoms with Crippen molar-refractivity contribution in [2.75, 3.05) is 37.6 Å². The summed E-state index contributed by atoms with van der Waals surface area (Å²) >= 11 is 18.7. The maximum absolute atomic E-state index is 13.8. The van der Waals surface area contributed by atoms with Gasteiger partial charge in [-0.25, -0.2) is 8.42 Å². The van der Waals surface area contributed by atoms with Gasteiger partial charge in [0, 0.05) is 22.0 Å². The normalized spacial score (nSPS) is 14.9. The fraction of sp³-hybridized carbons (Fsp3) is 0.357. The second kappa shape index (κ2) is 13.9. The SMILES string of the molecule is C[N+]1(CCCOc2ccccc2CN(c2cc(Cl)ccc2Cl)S(=O)(=O)c2ccc(Cl)cc2)CCCCC1.[I-]. The van der Waals surface area contributed by atoms with E-state index in [1.54, 1.807) is 30.3 Å². The second-order valence-electron chi connectivity index (χ2n) is 9.72. The van der Waals surface area contributed by atoms with Crippen LogP contribution in [0.2, 0.25) is 15.1 Å². The van der Waals surface area contributed by atoms with Gasteiger partial charge in [0.1, 0.15) is 5.75 Å². The van der Waals surface area contributed by atoms with Crippen LogP contribution < -0.4 is 33.0 Å². The van der Waals surface area contributed by atoms with Crippen molar-refractivity contribution in [2.45, 2.75) is 37.1 Å². The highest BCUT2D eigenvalue weighted by Gasteiger charge is 2.28. The van der Waals surface area contributed by atoms with Crippen LogP contribution >= 0.6 is 34.8 Å². The molecular weight excluding hydrogens is 678 g/mol. The van der Waals surface area contributed by atoms with Crippen molar-refractivity contribution in [3.63, 3.8) is 0 Å². The van der Waals surface area contributed by atoms with Gasteiger partial charge in [-0.1, -0.05) is 53.0 Å². The van der Waals surface area contributed by atoms with Crippen molar-refractivity contribution in [1.29, 1.82) is 0 Å². The summed E-state index contributed by atoms with van der Waals surface area (Å²) < 4.78 is 36.2. The summed E-state index contributed by atoms with van der Waals surface area (Å²) in [5.41, 5.74) is 1.02. The second-order valence-corrected chi connectivity index (χ2v) is 12.9. The predicted octanol–water partition coefficient (Wildman–Crippen LogP) is 4.45. The molecular formula is C28H32Cl3IN2O3S. The molecule has 0 saturated carbocycles. The Bertz CT molecular complexity index is 1320. The highest BCUT2D eigenvalue weighted by Crippen LogP contribution is 2.35. The summed E-state index contributed by atoms with van der Waals surface area (Å²) in [6.45, 7) is 4.09. The first-order valence-corrected chi connectivity index (χ1v) is 15.0. The van der Waals surface area contributed by atoms with E-state index in [4.69, 9.17) is 39.5 Å². The van der Waals surface area contributed by atoms with Gasteiger partial charge in [0.15, 0.2) is 0 Å². The minimum atomic E-state index is -4.00. The van der Waals surface area contributed by atoms with E-state index in [1.807, 2.05) is 24.3 Å². The molecule has 0 atom stereocenters. The molecule has 0 unspecified atom stereocenters. The Morgan fingerprint density at radius 2 is 1.55 bits per heavy atom. The Balaban J connectivity index is 0.00000400. The van der Waals surface area contributed by atoms with E-state index in [0.29, 0.717) is 28.1 Å². The molecule has 3 aromatic rings. The minimum absolute atomic E-state index is 0. The molecule has 1 aliphatic rings. The first-order valence-electron chi connectivity index (χ1n) is 12.5. The van der Waals surface area contributed by atoms with Crippen LogP contribution in [0.5, 0.6) is 5.75 Å². The molecule has 1 aliphatic heterocycles. The third-order valence-electron chi connectivity index (χ3n) is 6.86. The number of likely N-dealkylation sites (tertiary alicyclic amines) is 1. The number of para-hydroxylation sites is 1. The molecule has 5 nitrogen and oxygen atoms in total. The molecule has 0 N–H and O–H groups in total. The molecule has 0 aromatic heterocycles. The topological polar surface area (TPSA) is 46.6 Å². The molecule has 0 amide bonds. The summed E-state index contributed by atoms with van der Waals surface area (Å²) in [6, 6.07) is 18.4. The lowest BCUT2D eigenvalue weighted by atomic mass is 10.1. The van der Waals surface area contributed by atoms with Crippen molar-refractivity contribution in [3.05, 3.63) is 87.4 Å². The lowest BCUT2D eigenvalue weighted by Crippen LogP contribution is -3.00. The number of benzene rings is 3. The van der Waals surface area contributed by atoms with Crippen LogP contribution in [-0.2, 0) is 16.6 Å². The summed E-state index contributed by atoms with van der Waals surface area (Å²) in [6.07, 6.45) is 4.82. The molecule has 0 spiro atoms. The largest absolute Gasteiger partial charge is 1.00 e. The van der Waals surface area contributed by atoms with Crippen LogP contribution in [0.4, 0.5) is 5.69 Å². The van der Waals surface area contributed by atoms with Gasteiger partial charge in [-0.05, 0) is 67.8 Å². The molecule has 0 aliphatic carbocycles. The summed E-state index contributed by atoms with van der Waals surface area (Å²) in [7, 11) is -1.68. The van der Waals surface area contributed by atoms with Crippen LogP contribution in [0.25, 0.3) is 0 Å². The predicted molar refractivity (Wildman–Crippen MR) is 152 cm³/mol. The molecule has 0 radical (unpaired) electrons. The van der Waals surface area contributed by atoms with Crippen LogP contribution in [0, 0.1) is 0 Å². The van der Waals surface area contributed by atoms with E-state index in [2.05, 4.69) is 7.05 Å². The average molecular weight is 710 g/mol. The van der Waals surface area contributed by atoms with Crippen LogP contribution in [-0.4, -0.2) is 46.2 Å². The molecule has 206 valence electrons. The van der Waals surface area contributed by atoms with E-state index in [1.165, 1.54) is 48.8 Å². The Labute approximate surface area is 258 Å². The number of ether oxygens (including phenoxy) is 1. The van der Waals surface area contributed by atoms with E-state index < -0.39 is 10.0 Å². The standard InChI is InChI=1S/C28H32Cl3N2O3S.HI/c1-33(16-5-2-6-17-33)18-7-19-36-28-9-4-3-8-22(28)21-32(27-20-24(30)12-15-26(27)31)37(34,35)25-13-10-23(29)11-14-25;/h3-4,8-15,20H,2,5-7,16-19,21H2,1H3;1H/q+1;/p-1. The number of nitrogens with zero attached hydrogens (tertiary/aromatic N) is 2. The van der Waals surface area contributed by atoms with Gasteiger partial charge in [0.05, 0.1) is 55.4 Å². The molecule has 1 saturated heterocycles. The zero-order valence-electron chi connectivity index (χ0n) is 21.3. The number of rotatable bonds is 10. The fourth-order valence-electron chi connectivity index (χ4n) is 4.77. The molecule has 0 bridgehead atoms. The highest BCUT2D eigenvalue weighted by molar-refractivity contribution is 7.92. The molecule has 4 rings (SSSR count). The Hall–Kier alpha value is -1.23. The van der Waals surface area contributed by atoms with Gasteiger partial charge in [-0.3, -0.25) is 4.31 Å². The van der Waals surface area contributed by atoms with Gasteiger partial charge in [0.25, 0.3) is 10.0 Å². The zero-order chi connectivity index (χ0) is 26.5. The highest BCUT2D eigenvalue weighted by atomic mass is 127. The molecule has 3 aromatic carbocycles. The van der Waals surface area contributed by atoms with E-state index in [0.717, 1.165) is 23.0 Å². The third-order valence-corrected chi connectivity index (χ3v) is 9.44. The summed E-state index contributed by atoms with van der Waals surface area (Å²) in [5.74, 6) is 0.651. The van der Waals surface area contributed by atoms with Crippen molar-refractivity contribution in [1.82, 2.24) is 0 Å². The average Bonchev–Trinajstić information content (AvgIpc) is 2.88. The van der Waals surface area contributed by atoms with Crippen molar-refractivity contribution in [2.24, 2.45) is 0 Å².